The molecular formula is C9H7N3O. The molecule has 0 aliphatic carbocycles. The predicted molar refractivity (Wildman–Crippen MR) is 46.9 cm³/mol. The van der Waals surface area contributed by atoms with Crippen LogP contribution in [0.15, 0.2) is 24.5 Å². The van der Waals surface area contributed by atoms with E-state index in [1.165, 1.54) is 11.7 Å². The van der Waals surface area contributed by atoms with Crippen molar-refractivity contribution < 1.29 is 9.30 Å². The highest BCUT2D eigenvalue weighted by Gasteiger charge is 2.06. The van der Waals surface area contributed by atoms with Crippen molar-refractivity contribution in [1.29, 1.82) is 5.26 Å². The molecule has 0 N–H and O–H groups in total. The van der Waals surface area contributed by atoms with Crippen LogP contribution in [0.4, 0.5) is 0 Å². The molecule has 0 radical (unpaired) electrons. The summed E-state index contributed by atoms with van der Waals surface area (Å²) in [5.41, 5.74) is 0.0129. The molecule has 0 amide bonds. The molecule has 1 aromatic rings. The third-order valence-corrected chi connectivity index (χ3v) is 1.48. The van der Waals surface area contributed by atoms with Gasteiger partial charge in [-0.2, -0.15) is 11.1 Å². The van der Waals surface area contributed by atoms with E-state index >= 15 is 0 Å². The van der Waals surface area contributed by atoms with Gasteiger partial charge < -0.3 is 10.1 Å². The first-order chi connectivity index (χ1) is 6.31. The molecule has 0 bridgehead atoms. The van der Waals surface area contributed by atoms with E-state index in [1.807, 2.05) is 0 Å². The van der Waals surface area contributed by atoms with E-state index in [4.69, 9.17) is 15.4 Å². The topological polar surface area (TPSA) is 59.2 Å². The van der Waals surface area contributed by atoms with Gasteiger partial charge in [-0.25, -0.2) is 0 Å². The minimum atomic E-state index is 0.0129. The maximum absolute atomic E-state index is 8.57. The highest BCUT2D eigenvalue weighted by molar-refractivity contribution is 5.84. The average Bonchev–Trinajstić information content (AvgIpc) is 2.20. The van der Waals surface area contributed by atoms with E-state index in [-0.39, 0.29) is 5.70 Å². The van der Waals surface area contributed by atoms with Crippen LogP contribution in [0.5, 0.6) is 5.75 Å². The van der Waals surface area contributed by atoms with Crippen molar-refractivity contribution >= 4 is 11.6 Å². The maximum Gasteiger partial charge on any atom is 0.309 e. The van der Waals surface area contributed by atoms with Gasteiger partial charge in [0.2, 0.25) is 6.20 Å². The minimum Gasteiger partial charge on any atom is -0.757 e. The molecule has 64 valence electrons. The Morgan fingerprint density at radius 2 is 2.46 bits per heavy atom. The number of nitrogens with zero attached hydrogens (tertiary/aromatic N) is 3. The molecule has 0 aliphatic heterocycles. The lowest BCUT2D eigenvalue weighted by atomic mass is 10.4. The molecule has 0 atom stereocenters. The summed E-state index contributed by atoms with van der Waals surface area (Å²) in [6, 6.07) is 5.22. The number of aromatic nitrogens is 1. The van der Waals surface area contributed by atoms with Crippen molar-refractivity contribution in [2.75, 3.05) is 7.11 Å². The Balaban J connectivity index is 3.17. The summed E-state index contributed by atoms with van der Waals surface area (Å²) < 4.78 is 6.36. The van der Waals surface area contributed by atoms with Crippen LogP contribution in [0.3, 0.4) is 0 Å². The van der Waals surface area contributed by atoms with E-state index in [0.29, 0.717) is 5.75 Å². The zero-order chi connectivity index (χ0) is 9.68. The molecule has 0 saturated heterocycles. The number of allylic oxidation sites excluding steroid dienone is 1. The highest BCUT2D eigenvalue weighted by Crippen LogP contribution is 2.04. The lowest BCUT2D eigenvalue weighted by Crippen LogP contribution is -2.30. The first kappa shape index (κ1) is 8.98. The predicted octanol–water partition coefficient (Wildman–Crippen LogP) is 0.586. The van der Waals surface area contributed by atoms with Gasteiger partial charge in [0.05, 0.1) is 7.11 Å². The van der Waals surface area contributed by atoms with E-state index in [9.17, 15) is 0 Å². The summed E-state index contributed by atoms with van der Waals surface area (Å²) in [6.07, 6.45) is 3.19. The largest absolute Gasteiger partial charge is 0.757 e. The quantitative estimate of drug-likeness (QED) is 0.373. The van der Waals surface area contributed by atoms with Crippen LogP contribution in [0.1, 0.15) is 0 Å². The molecule has 0 aromatic carbocycles. The Bertz CT molecular complexity index is 400. The third kappa shape index (κ3) is 1.92. The van der Waals surface area contributed by atoms with Gasteiger partial charge in [-0.05, 0) is 6.07 Å². The van der Waals surface area contributed by atoms with Crippen LogP contribution >= 0.6 is 0 Å². The van der Waals surface area contributed by atoms with Gasteiger partial charge in [-0.15, -0.1) is 4.57 Å². The fourth-order valence-electron chi connectivity index (χ4n) is 0.854. The number of nitriles is 1. The van der Waals surface area contributed by atoms with Crippen LogP contribution in [0.2, 0.25) is 0 Å². The molecule has 0 unspecified atom stereocenters. The number of methoxy groups -OCH3 is 1. The Hall–Kier alpha value is -2.11. The van der Waals surface area contributed by atoms with Crippen LogP contribution in [0.25, 0.3) is 11.1 Å². The maximum atomic E-state index is 8.57. The van der Waals surface area contributed by atoms with Gasteiger partial charge >= 0.3 is 5.70 Å². The average molecular weight is 173 g/mol. The van der Waals surface area contributed by atoms with Crippen LogP contribution in [-0.4, -0.2) is 13.0 Å². The number of rotatable bonds is 2. The van der Waals surface area contributed by atoms with Gasteiger partial charge in [-0.3, -0.25) is 0 Å². The number of hydrogen-bond acceptors (Lipinski definition) is 2. The van der Waals surface area contributed by atoms with Gasteiger partial charge in [0.25, 0.3) is 0 Å². The fourth-order valence-corrected chi connectivity index (χ4v) is 0.854. The lowest BCUT2D eigenvalue weighted by Gasteiger charge is -1.96. The van der Waals surface area contributed by atoms with Crippen molar-refractivity contribution in [3.63, 3.8) is 0 Å². The highest BCUT2D eigenvalue weighted by atomic mass is 16.5. The Morgan fingerprint density at radius 1 is 1.69 bits per heavy atom. The molecule has 4 nitrogen and oxygen atoms in total. The van der Waals surface area contributed by atoms with Crippen LogP contribution < -0.4 is 9.30 Å². The van der Waals surface area contributed by atoms with Gasteiger partial charge in [0.1, 0.15) is 0 Å². The van der Waals surface area contributed by atoms with Gasteiger partial charge in [-0.1, -0.05) is 0 Å². The van der Waals surface area contributed by atoms with Crippen molar-refractivity contribution in [2.45, 2.75) is 0 Å². The second-order valence-corrected chi connectivity index (χ2v) is 2.22. The van der Waals surface area contributed by atoms with Gasteiger partial charge in [0.15, 0.2) is 18.0 Å². The monoisotopic (exact) mass is 173 g/mol. The van der Waals surface area contributed by atoms with Crippen molar-refractivity contribution in [2.24, 2.45) is 0 Å². The SMILES string of the molecule is COc1ccc[n+](C(=C=[N-])C#N)c1. The zero-order valence-electron chi connectivity index (χ0n) is 7.06. The molecule has 0 spiro atoms. The first-order valence-electron chi connectivity index (χ1n) is 3.54. The van der Waals surface area contributed by atoms with Crippen molar-refractivity contribution in [3.05, 3.63) is 29.9 Å². The summed E-state index contributed by atoms with van der Waals surface area (Å²) in [7, 11) is 1.53. The van der Waals surface area contributed by atoms with E-state index in [2.05, 4.69) is 0 Å². The molecule has 4 heteroatoms. The molecule has 0 saturated carbocycles. The van der Waals surface area contributed by atoms with E-state index < -0.39 is 0 Å². The molecule has 0 fully saturated rings. The third-order valence-electron chi connectivity index (χ3n) is 1.48. The van der Waals surface area contributed by atoms with E-state index in [0.717, 1.165) is 0 Å². The van der Waals surface area contributed by atoms with Crippen LogP contribution in [-0.2, 0) is 0 Å². The lowest BCUT2D eigenvalue weighted by molar-refractivity contribution is -0.576. The summed E-state index contributed by atoms with van der Waals surface area (Å²) in [6.45, 7) is 0. The van der Waals surface area contributed by atoms with E-state index in [1.54, 1.807) is 36.5 Å². The molecule has 1 aromatic heterocycles. The second-order valence-electron chi connectivity index (χ2n) is 2.22. The number of hydrogen-bond donors (Lipinski definition) is 0. The Kier molecular flexibility index (Phi) is 2.80. The summed E-state index contributed by atoms with van der Waals surface area (Å²) >= 11 is 0. The number of ether oxygens (including phenoxy) is 1. The van der Waals surface area contributed by atoms with Crippen LogP contribution in [0, 0.1) is 11.3 Å². The van der Waals surface area contributed by atoms with Gasteiger partial charge in [0, 0.05) is 6.07 Å². The smallest absolute Gasteiger partial charge is 0.309 e. The molecule has 0 aliphatic rings. The summed E-state index contributed by atoms with van der Waals surface area (Å²) in [5.74, 6) is 2.38. The molecule has 1 rings (SSSR count). The van der Waals surface area contributed by atoms with Crippen molar-refractivity contribution in [1.82, 2.24) is 0 Å². The summed E-state index contributed by atoms with van der Waals surface area (Å²) in [5, 5.41) is 17.1. The molecular weight excluding hydrogens is 166 g/mol. The van der Waals surface area contributed by atoms with Crippen molar-refractivity contribution in [3.8, 4) is 11.8 Å². The Morgan fingerprint density at radius 3 is 3.00 bits per heavy atom. The molecule has 13 heavy (non-hydrogen) atoms. The number of pyridine rings is 1. The standard InChI is InChI=1S/C9H7N3O/c1-13-9-3-2-4-12(7-9)8(5-10)6-11/h2-4,7H,1H3. The second kappa shape index (κ2) is 4.05. The Labute approximate surface area is 75.8 Å². The first-order valence-corrected chi connectivity index (χ1v) is 3.54. The molecule has 1 heterocycles. The normalized spacial score (nSPS) is 8.31. The minimum absolute atomic E-state index is 0.0129. The zero-order valence-corrected chi connectivity index (χ0v) is 7.06. The summed E-state index contributed by atoms with van der Waals surface area (Å²) in [4.78, 5) is 0. The fraction of sp³-hybridized carbons (Fsp3) is 0.111.